The molecule has 1 aromatic carbocycles. The molecule has 6 heteroatoms. The third-order valence-electron chi connectivity index (χ3n) is 2.55. The quantitative estimate of drug-likeness (QED) is 0.675. The van der Waals surface area contributed by atoms with Crippen molar-refractivity contribution in [2.75, 3.05) is 6.61 Å². The van der Waals surface area contributed by atoms with E-state index < -0.39 is 0 Å². The second-order valence-electron chi connectivity index (χ2n) is 3.86. The zero-order valence-electron chi connectivity index (χ0n) is 11.0. The van der Waals surface area contributed by atoms with Crippen LogP contribution < -0.4 is 4.74 Å². The molecule has 0 saturated heterocycles. The standard InChI is InChI=1S/C13H16N4OS/c1-3-12-15-16-13(19)17(12)14-9-10-5-7-11(8-6-10)18-4-2/h5-9H,3-4H2,1-2H3,(H,16,19). The normalized spacial score (nSPS) is 11.1. The van der Waals surface area contributed by atoms with E-state index in [0.717, 1.165) is 23.6 Å². The molecule has 1 aromatic heterocycles. The number of benzene rings is 1. The lowest BCUT2D eigenvalue weighted by Crippen LogP contribution is -1.97. The topological polar surface area (TPSA) is 55.2 Å². The second-order valence-corrected chi connectivity index (χ2v) is 4.24. The SMILES string of the molecule is CCOc1ccc(C=Nn2c(CC)n[nH]c2=S)cc1. The highest BCUT2D eigenvalue weighted by molar-refractivity contribution is 7.71. The minimum Gasteiger partial charge on any atom is -0.494 e. The lowest BCUT2D eigenvalue weighted by molar-refractivity contribution is 0.340. The van der Waals surface area contributed by atoms with Crippen molar-refractivity contribution in [2.24, 2.45) is 5.10 Å². The average Bonchev–Trinajstić information content (AvgIpc) is 2.79. The summed E-state index contributed by atoms with van der Waals surface area (Å²) in [5.74, 6) is 1.67. The zero-order valence-corrected chi connectivity index (χ0v) is 11.8. The van der Waals surface area contributed by atoms with E-state index in [1.165, 1.54) is 0 Å². The van der Waals surface area contributed by atoms with Gasteiger partial charge in [0.15, 0.2) is 5.82 Å². The Morgan fingerprint density at radius 3 is 2.74 bits per heavy atom. The Labute approximate surface area is 116 Å². The van der Waals surface area contributed by atoms with E-state index in [1.807, 2.05) is 38.1 Å². The van der Waals surface area contributed by atoms with Crippen LogP contribution in [-0.2, 0) is 6.42 Å². The van der Waals surface area contributed by atoms with Crippen molar-refractivity contribution in [2.45, 2.75) is 20.3 Å². The van der Waals surface area contributed by atoms with Gasteiger partial charge in [0.05, 0.1) is 12.8 Å². The van der Waals surface area contributed by atoms with Crippen LogP contribution in [0.1, 0.15) is 25.2 Å². The van der Waals surface area contributed by atoms with Crippen LogP contribution in [0.25, 0.3) is 0 Å². The van der Waals surface area contributed by atoms with Gasteiger partial charge in [-0.1, -0.05) is 6.92 Å². The summed E-state index contributed by atoms with van der Waals surface area (Å²) in [5.41, 5.74) is 0.980. The summed E-state index contributed by atoms with van der Waals surface area (Å²) in [6, 6.07) is 7.73. The van der Waals surface area contributed by atoms with Gasteiger partial charge in [0.25, 0.3) is 0 Å². The highest BCUT2D eigenvalue weighted by Crippen LogP contribution is 2.11. The molecule has 0 spiro atoms. The number of aryl methyl sites for hydroxylation is 1. The van der Waals surface area contributed by atoms with E-state index in [4.69, 9.17) is 17.0 Å². The number of hydrogen-bond donors (Lipinski definition) is 1. The molecule has 0 bridgehead atoms. The molecule has 100 valence electrons. The van der Waals surface area contributed by atoms with Gasteiger partial charge in [-0.3, -0.25) is 5.10 Å². The fourth-order valence-electron chi connectivity index (χ4n) is 1.61. The van der Waals surface area contributed by atoms with E-state index in [9.17, 15) is 0 Å². The summed E-state index contributed by atoms with van der Waals surface area (Å²) >= 11 is 5.12. The van der Waals surface area contributed by atoms with E-state index in [1.54, 1.807) is 10.9 Å². The molecule has 19 heavy (non-hydrogen) atoms. The van der Waals surface area contributed by atoms with Crippen molar-refractivity contribution < 1.29 is 4.74 Å². The fraction of sp³-hybridized carbons (Fsp3) is 0.308. The molecule has 0 unspecified atom stereocenters. The first kappa shape index (κ1) is 13.5. The van der Waals surface area contributed by atoms with Crippen molar-refractivity contribution in [1.29, 1.82) is 0 Å². The molecule has 0 aliphatic carbocycles. The molecule has 1 N–H and O–H groups in total. The predicted molar refractivity (Wildman–Crippen MR) is 77.4 cm³/mol. The second kappa shape index (κ2) is 6.29. The Bertz CT molecular complexity index is 612. The fourth-order valence-corrected chi connectivity index (χ4v) is 1.81. The van der Waals surface area contributed by atoms with Crippen molar-refractivity contribution in [1.82, 2.24) is 14.9 Å². The van der Waals surface area contributed by atoms with Crippen molar-refractivity contribution in [3.8, 4) is 5.75 Å². The average molecular weight is 276 g/mol. The van der Waals surface area contributed by atoms with Gasteiger partial charge < -0.3 is 4.74 Å². The molecular formula is C13H16N4OS. The molecule has 0 fully saturated rings. The van der Waals surface area contributed by atoms with Crippen LogP contribution in [-0.4, -0.2) is 27.7 Å². The maximum Gasteiger partial charge on any atom is 0.216 e. The summed E-state index contributed by atoms with van der Waals surface area (Å²) in [6.45, 7) is 4.63. The summed E-state index contributed by atoms with van der Waals surface area (Å²) < 4.78 is 7.52. The summed E-state index contributed by atoms with van der Waals surface area (Å²) in [6.07, 6.45) is 2.52. The molecule has 2 rings (SSSR count). The Kier molecular flexibility index (Phi) is 4.46. The van der Waals surface area contributed by atoms with Crippen LogP contribution in [0.2, 0.25) is 0 Å². The molecule has 0 amide bonds. The van der Waals surface area contributed by atoms with Gasteiger partial charge in [0.2, 0.25) is 4.77 Å². The van der Waals surface area contributed by atoms with Crippen LogP contribution in [0.15, 0.2) is 29.4 Å². The summed E-state index contributed by atoms with van der Waals surface area (Å²) in [7, 11) is 0. The number of aromatic amines is 1. The van der Waals surface area contributed by atoms with Gasteiger partial charge in [-0.25, -0.2) is 0 Å². The van der Waals surface area contributed by atoms with Crippen LogP contribution in [0.3, 0.4) is 0 Å². The van der Waals surface area contributed by atoms with E-state index in [-0.39, 0.29) is 0 Å². The molecular weight excluding hydrogens is 260 g/mol. The van der Waals surface area contributed by atoms with Crippen molar-refractivity contribution >= 4 is 18.4 Å². The smallest absolute Gasteiger partial charge is 0.216 e. The maximum absolute atomic E-state index is 5.39. The van der Waals surface area contributed by atoms with Crippen molar-refractivity contribution in [3.05, 3.63) is 40.4 Å². The van der Waals surface area contributed by atoms with Gasteiger partial charge >= 0.3 is 0 Å². The predicted octanol–water partition coefficient (Wildman–Crippen LogP) is 2.78. The zero-order chi connectivity index (χ0) is 13.7. The Morgan fingerprint density at radius 1 is 1.37 bits per heavy atom. The number of nitrogens with zero attached hydrogens (tertiary/aromatic N) is 3. The molecule has 1 heterocycles. The highest BCUT2D eigenvalue weighted by atomic mass is 32.1. The third-order valence-corrected chi connectivity index (χ3v) is 2.81. The minimum atomic E-state index is 0.499. The van der Waals surface area contributed by atoms with Crippen LogP contribution in [0.5, 0.6) is 5.75 Å². The number of hydrogen-bond acceptors (Lipinski definition) is 4. The summed E-state index contributed by atoms with van der Waals surface area (Å²) in [4.78, 5) is 0. The maximum atomic E-state index is 5.39. The molecule has 2 aromatic rings. The summed E-state index contributed by atoms with van der Waals surface area (Å²) in [5, 5.41) is 11.2. The molecule has 0 aliphatic heterocycles. The Hall–Kier alpha value is -1.95. The highest BCUT2D eigenvalue weighted by Gasteiger charge is 2.01. The lowest BCUT2D eigenvalue weighted by atomic mass is 10.2. The first-order valence-electron chi connectivity index (χ1n) is 6.18. The molecule has 0 atom stereocenters. The third kappa shape index (κ3) is 3.29. The Balaban J connectivity index is 2.18. The lowest BCUT2D eigenvalue weighted by Gasteiger charge is -2.02. The number of H-pyrrole nitrogens is 1. The number of nitrogens with one attached hydrogen (secondary N) is 1. The van der Waals surface area contributed by atoms with E-state index in [2.05, 4.69) is 15.3 Å². The minimum absolute atomic E-state index is 0.499. The number of aromatic nitrogens is 3. The van der Waals surface area contributed by atoms with Gasteiger partial charge in [-0.15, -0.1) is 0 Å². The molecule has 0 aliphatic rings. The van der Waals surface area contributed by atoms with Crippen molar-refractivity contribution in [3.63, 3.8) is 0 Å². The van der Waals surface area contributed by atoms with Crippen LogP contribution in [0.4, 0.5) is 0 Å². The van der Waals surface area contributed by atoms with Gasteiger partial charge in [0, 0.05) is 6.42 Å². The van der Waals surface area contributed by atoms with E-state index >= 15 is 0 Å². The first-order chi connectivity index (χ1) is 9.24. The van der Waals surface area contributed by atoms with Gasteiger partial charge in [-0.05, 0) is 49.0 Å². The first-order valence-corrected chi connectivity index (χ1v) is 6.59. The number of rotatable bonds is 5. The largest absolute Gasteiger partial charge is 0.494 e. The van der Waals surface area contributed by atoms with E-state index in [0.29, 0.717) is 11.4 Å². The van der Waals surface area contributed by atoms with Gasteiger partial charge in [0.1, 0.15) is 5.75 Å². The molecule has 0 saturated carbocycles. The van der Waals surface area contributed by atoms with Gasteiger partial charge in [-0.2, -0.15) is 14.9 Å². The Morgan fingerprint density at radius 2 is 2.11 bits per heavy atom. The molecule has 0 radical (unpaired) electrons. The van der Waals surface area contributed by atoms with Crippen LogP contribution >= 0.6 is 12.2 Å². The van der Waals surface area contributed by atoms with Crippen LogP contribution in [0, 0.1) is 4.77 Å². The number of ether oxygens (including phenoxy) is 1. The monoisotopic (exact) mass is 276 g/mol. The molecule has 5 nitrogen and oxygen atoms in total.